The summed E-state index contributed by atoms with van der Waals surface area (Å²) in [6.07, 6.45) is 1.77. The van der Waals surface area contributed by atoms with Gasteiger partial charge in [0.2, 0.25) is 5.91 Å². The van der Waals surface area contributed by atoms with Gasteiger partial charge in [-0.15, -0.1) is 28.5 Å². The normalized spacial score (nSPS) is 10.9. The van der Waals surface area contributed by atoms with E-state index in [1.807, 2.05) is 16.7 Å². The highest BCUT2D eigenvalue weighted by Crippen LogP contribution is 2.28. The summed E-state index contributed by atoms with van der Waals surface area (Å²) in [5.74, 6) is 2.13. The van der Waals surface area contributed by atoms with Crippen molar-refractivity contribution in [1.29, 1.82) is 0 Å². The Hall–Kier alpha value is -1.35. The van der Waals surface area contributed by atoms with Gasteiger partial charge in [0.05, 0.1) is 21.6 Å². The molecule has 0 bridgehead atoms. The average molecular weight is 548 g/mol. The number of carbonyl (C=O) groups is 1. The number of amides is 1. The van der Waals surface area contributed by atoms with Crippen molar-refractivity contribution < 1.29 is 4.79 Å². The zero-order valence-electron chi connectivity index (χ0n) is 16.7. The molecule has 0 fully saturated rings. The summed E-state index contributed by atoms with van der Waals surface area (Å²) < 4.78 is 1.95. The predicted octanol–water partition coefficient (Wildman–Crippen LogP) is 7.24. The zero-order chi connectivity index (χ0) is 23.1. The molecule has 0 saturated carbocycles. The third-order valence-corrected chi connectivity index (χ3v) is 7.41. The molecule has 32 heavy (non-hydrogen) atoms. The summed E-state index contributed by atoms with van der Waals surface area (Å²) in [6.45, 7) is 4.35. The molecule has 0 radical (unpaired) electrons. The summed E-state index contributed by atoms with van der Waals surface area (Å²) in [4.78, 5) is 12.3. The van der Waals surface area contributed by atoms with E-state index in [9.17, 15) is 4.79 Å². The highest BCUT2D eigenvalue weighted by atomic mass is 35.5. The van der Waals surface area contributed by atoms with Gasteiger partial charge < -0.3 is 9.88 Å². The first-order valence-corrected chi connectivity index (χ1v) is 12.9. The maximum Gasteiger partial charge on any atom is 0.234 e. The molecule has 3 rings (SSSR count). The second-order valence-corrected chi connectivity index (χ2v) is 10.1. The summed E-state index contributed by atoms with van der Waals surface area (Å²) in [5, 5.41) is 14.0. The molecular weight excluding hydrogens is 530 g/mol. The van der Waals surface area contributed by atoms with Gasteiger partial charge in [0, 0.05) is 28.0 Å². The van der Waals surface area contributed by atoms with E-state index in [1.54, 1.807) is 42.1 Å². The Kier molecular flexibility index (Phi) is 9.64. The molecule has 0 atom stereocenters. The van der Waals surface area contributed by atoms with Crippen LogP contribution in [0.5, 0.6) is 0 Å². The van der Waals surface area contributed by atoms with Crippen LogP contribution in [0.15, 0.2) is 54.2 Å². The van der Waals surface area contributed by atoms with Crippen molar-refractivity contribution in [3.8, 4) is 0 Å². The molecule has 0 aliphatic heterocycles. The predicted molar refractivity (Wildman–Crippen MR) is 137 cm³/mol. The second-order valence-electron chi connectivity index (χ2n) is 6.49. The lowest BCUT2D eigenvalue weighted by Crippen LogP contribution is -2.14. The number of nitrogens with one attached hydrogen (secondary N) is 1. The Labute approximate surface area is 214 Å². The minimum Gasteiger partial charge on any atom is -0.325 e. The van der Waals surface area contributed by atoms with E-state index in [0.717, 1.165) is 11.4 Å². The summed E-state index contributed by atoms with van der Waals surface area (Å²) in [6, 6.07) is 10.4. The second kappa shape index (κ2) is 12.2. The van der Waals surface area contributed by atoms with Gasteiger partial charge in [-0.2, -0.15) is 0 Å². The minimum atomic E-state index is -0.185. The molecule has 1 heterocycles. The average Bonchev–Trinajstić information content (AvgIpc) is 3.13. The first-order chi connectivity index (χ1) is 15.4. The van der Waals surface area contributed by atoms with E-state index in [4.69, 9.17) is 46.4 Å². The number of thioether (sulfide) groups is 2. The number of hydrogen-bond donors (Lipinski definition) is 1. The van der Waals surface area contributed by atoms with E-state index in [2.05, 4.69) is 22.1 Å². The number of aromatic nitrogens is 3. The van der Waals surface area contributed by atoms with E-state index >= 15 is 0 Å². The molecule has 0 aliphatic rings. The molecule has 168 valence electrons. The number of rotatable bonds is 10. The smallest absolute Gasteiger partial charge is 0.234 e. The monoisotopic (exact) mass is 546 g/mol. The highest BCUT2D eigenvalue weighted by molar-refractivity contribution is 7.99. The molecule has 0 spiro atoms. The van der Waals surface area contributed by atoms with E-state index < -0.39 is 0 Å². The molecule has 5 nitrogen and oxygen atoms in total. The van der Waals surface area contributed by atoms with Crippen LogP contribution in [-0.2, 0) is 22.8 Å². The van der Waals surface area contributed by atoms with E-state index in [0.29, 0.717) is 49.0 Å². The van der Waals surface area contributed by atoms with Crippen molar-refractivity contribution in [3.63, 3.8) is 0 Å². The van der Waals surface area contributed by atoms with Gasteiger partial charge in [-0.05, 0) is 35.9 Å². The molecule has 0 unspecified atom stereocenters. The Morgan fingerprint density at radius 3 is 2.56 bits per heavy atom. The number of carbonyl (C=O) groups excluding carboxylic acids is 1. The van der Waals surface area contributed by atoms with Crippen molar-refractivity contribution in [2.45, 2.75) is 23.2 Å². The van der Waals surface area contributed by atoms with Gasteiger partial charge in [0.25, 0.3) is 0 Å². The molecule has 1 N–H and O–H groups in total. The van der Waals surface area contributed by atoms with Gasteiger partial charge in [0.1, 0.15) is 5.82 Å². The van der Waals surface area contributed by atoms with Gasteiger partial charge in [-0.3, -0.25) is 4.79 Å². The molecular formula is C21H18Cl4N4OS2. The van der Waals surface area contributed by atoms with Crippen molar-refractivity contribution in [2.75, 3.05) is 11.1 Å². The van der Waals surface area contributed by atoms with Crippen LogP contribution in [0.4, 0.5) is 5.69 Å². The van der Waals surface area contributed by atoms with Gasteiger partial charge in [-0.1, -0.05) is 70.3 Å². The van der Waals surface area contributed by atoms with Crippen molar-refractivity contribution in [3.05, 3.63) is 80.5 Å². The largest absolute Gasteiger partial charge is 0.325 e. The lowest BCUT2D eigenvalue weighted by molar-refractivity contribution is -0.113. The molecule has 0 saturated heterocycles. The lowest BCUT2D eigenvalue weighted by atomic mass is 10.2. The Morgan fingerprint density at radius 1 is 1.03 bits per heavy atom. The maximum atomic E-state index is 12.3. The van der Waals surface area contributed by atoms with Crippen molar-refractivity contribution in [2.24, 2.45) is 0 Å². The van der Waals surface area contributed by atoms with Crippen molar-refractivity contribution in [1.82, 2.24) is 14.8 Å². The molecule has 0 aliphatic carbocycles. The van der Waals surface area contributed by atoms with E-state index in [1.165, 1.54) is 11.8 Å². The molecule has 2 aromatic carbocycles. The van der Waals surface area contributed by atoms with Crippen LogP contribution in [0.25, 0.3) is 0 Å². The Morgan fingerprint density at radius 2 is 1.84 bits per heavy atom. The standard InChI is InChI=1S/C21H18Cl4N4OS2/c1-2-7-29-19(11-31-10-13-3-4-14(22)8-17(13)24)27-28-21(29)32-12-20(30)26-15-5-6-16(23)18(25)9-15/h2-6,8-9H,1,7,10-12H2,(H,26,30). The first-order valence-electron chi connectivity index (χ1n) is 9.29. The number of hydrogen-bond acceptors (Lipinski definition) is 5. The summed E-state index contributed by atoms with van der Waals surface area (Å²) in [7, 11) is 0. The van der Waals surface area contributed by atoms with Crippen LogP contribution < -0.4 is 5.32 Å². The van der Waals surface area contributed by atoms with Crippen LogP contribution in [-0.4, -0.2) is 26.4 Å². The van der Waals surface area contributed by atoms with Crippen LogP contribution in [0.3, 0.4) is 0 Å². The molecule has 1 amide bonds. The fourth-order valence-electron chi connectivity index (χ4n) is 2.64. The van der Waals surface area contributed by atoms with Gasteiger partial charge in [-0.25, -0.2) is 0 Å². The summed E-state index contributed by atoms with van der Waals surface area (Å²) >= 11 is 27.1. The third-order valence-electron chi connectivity index (χ3n) is 4.14. The van der Waals surface area contributed by atoms with Gasteiger partial charge in [0.15, 0.2) is 5.16 Å². The quantitative estimate of drug-likeness (QED) is 0.214. The highest BCUT2D eigenvalue weighted by Gasteiger charge is 2.14. The van der Waals surface area contributed by atoms with Crippen LogP contribution >= 0.6 is 69.9 Å². The maximum absolute atomic E-state index is 12.3. The topological polar surface area (TPSA) is 59.8 Å². The van der Waals surface area contributed by atoms with Crippen molar-refractivity contribution >= 4 is 81.5 Å². The minimum absolute atomic E-state index is 0.170. The van der Waals surface area contributed by atoms with Gasteiger partial charge >= 0.3 is 0 Å². The lowest BCUT2D eigenvalue weighted by Gasteiger charge is -2.09. The number of benzene rings is 2. The fourth-order valence-corrected chi connectivity index (χ4v) is 5.23. The number of allylic oxidation sites excluding steroid dienone is 1. The molecule has 3 aromatic rings. The number of halogens is 4. The zero-order valence-corrected chi connectivity index (χ0v) is 21.3. The summed E-state index contributed by atoms with van der Waals surface area (Å²) in [5.41, 5.74) is 1.58. The number of anilines is 1. The van der Waals surface area contributed by atoms with E-state index in [-0.39, 0.29) is 11.7 Å². The Bertz CT molecular complexity index is 1120. The fraction of sp³-hybridized carbons (Fsp3) is 0.190. The molecule has 11 heteroatoms. The van der Waals surface area contributed by atoms with Crippen LogP contribution in [0, 0.1) is 0 Å². The Balaban J connectivity index is 1.58. The number of nitrogens with zero attached hydrogens (tertiary/aromatic N) is 3. The first kappa shape index (κ1) is 25.3. The SMILES string of the molecule is C=CCn1c(CSCc2ccc(Cl)cc2Cl)nnc1SCC(=O)Nc1ccc(Cl)c(Cl)c1. The third kappa shape index (κ3) is 7.07. The molecule has 1 aromatic heterocycles. The van der Waals surface area contributed by atoms with Crippen LogP contribution in [0.2, 0.25) is 20.1 Å². The van der Waals surface area contributed by atoms with Crippen LogP contribution in [0.1, 0.15) is 11.4 Å².